The fourth-order valence-corrected chi connectivity index (χ4v) is 1.20. The summed E-state index contributed by atoms with van der Waals surface area (Å²) in [5, 5.41) is 0.409. The monoisotopic (exact) mass is 149 g/mol. The number of hydrogen-bond donors (Lipinski definition) is 0. The SMILES string of the molecule is C[Si](C)C(C)(C)CCl. The molecule has 0 N–H and O–H groups in total. The maximum Gasteiger partial charge on any atom is 0.0489 e. The van der Waals surface area contributed by atoms with Gasteiger partial charge in [-0.05, 0) is 5.04 Å². The Morgan fingerprint density at radius 1 is 1.38 bits per heavy atom. The van der Waals surface area contributed by atoms with Crippen molar-refractivity contribution < 1.29 is 0 Å². The first-order valence-corrected chi connectivity index (χ1v) is 5.91. The standard InChI is InChI=1S/C6H14ClSi/c1-6(2,5-7)8(3)4/h5H2,1-4H3. The summed E-state index contributed by atoms with van der Waals surface area (Å²) < 4.78 is 0. The minimum atomic E-state index is -0.194. The fourth-order valence-electron chi connectivity index (χ4n) is 0.134. The summed E-state index contributed by atoms with van der Waals surface area (Å²) in [6.07, 6.45) is 0. The molecule has 0 aliphatic carbocycles. The Balaban J connectivity index is 3.71. The van der Waals surface area contributed by atoms with Gasteiger partial charge in [0.2, 0.25) is 0 Å². The summed E-state index contributed by atoms with van der Waals surface area (Å²) in [7, 11) is -0.194. The normalized spacial score (nSPS) is 12.8. The zero-order valence-electron chi connectivity index (χ0n) is 6.09. The minimum Gasteiger partial charge on any atom is -0.126 e. The van der Waals surface area contributed by atoms with Crippen molar-refractivity contribution in [1.29, 1.82) is 0 Å². The van der Waals surface area contributed by atoms with E-state index >= 15 is 0 Å². The van der Waals surface area contributed by atoms with E-state index in [2.05, 4.69) is 26.9 Å². The third-order valence-electron chi connectivity index (χ3n) is 1.69. The van der Waals surface area contributed by atoms with Crippen molar-refractivity contribution in [3.8, 4) is 0 Å². The van der Waals surface area contributed by atoms with Crippen molar-refractivity contribution in [2.24, 2.45) is 0 Å². The number of hydrogen-bond acceptors (Lipinski definition) is 0. The third kappa shape index (κ3) is 2.18. The van der Waals surface area contributed by atoms with Crippen LogP contribution in [0.15, 0.2) is 0 Å². The first kappa shape index (κ1) is 8.51. The van der Waals surface area contributed by atoms with Crippen molar-refractivity contribution in [2.75, 3.05) is 5.88 Å². The molecule has 2 heteroatoms. The molecule has 0 aromatic rings. The number of alkyl halides is 1. The average molecular weight is 150 g/mol. The summed E-state index contributed by atoms with van der Waals surface area (Å²) >= 11 is 5.71. The second-order valence-electron chi connectivity index (χ2n) is 3.02. The molecule has 0 aromatic carbocycles. The van der Waals surface area contributed by atoms with Gasteiger partial charge >= 0.3 is 0 Å². The van der Waals surface area contributed by atoms with Crippen LogP contribution in [-0.4, -0.2) is 14.7 Å². The van der Waals surface area contributed by atoms with E-state index in [0.29, 0.717) is 5.04 Å². The molecule has 0 saturated carbocycles. The van der Waals surface area contributed by atoms with Gasteiger partial charge in [-0.2, -0.15) is 0 Å². The number of rotatable bonds is 2. The highest BCUT2D eigenvalue weighted by atomic mass is 35.5. The van der Waals surface area contributed by atoms with E-state index in [-0.39, 0.29) is 8.80 Å². The van der Waals surface area contributed by atoms with Crippen LogP contribution in [0.25, 0.3) is 0 Å². The van der Waals surface area contributed by atoms with Crippen LogP contribution in [0.2, 0.25) is 18.1 Å². The van der Waals surface area contributed by atoms with Gasteiger partial charge in [-0.3, -0.25) is 0 Å². The first-order chi connectivity index (χ1) is 3.50. The Hall–Kier alpha value is 0.507. The lowest BCUT2D eigenvalue weighted by atomic mass is 10.2. The van der Waals surface area contributed by atoms with Gasteiger partial charge in [0.1, 0.15) is 0 Å². The molecule has 0 atom stereocenters. The van der Waals surface area contributed by atoms with Gasteiger partial charge in [-0.1, -0.05) is 26.9 Å². The van der Waals surface area contributed by atoms with E-state index in [9.17, 15) is 0 Å². The lowest BCUT2D eigenvalue weighted by Gasteiger charge is -2.24. The molecule has 0 nitrogen and oxygen atoms in total. The Bertz CT molecular complexity index is 68.9. The molecule has 0 aromatic heterocycles. The van der Waals surface area contributed by atoms with E-state index < -0.39 is 0 Å². The maximum absolute atomic E-state index is 5.71. The van der Waals surface area contributed by atoms with Crippen molar-refractivity contribution in [3.05, 3.63) is 0 Å². The van der Waals surface area contributed by atoms with Crippen LogP contribution in [0.3, 0.4) is 0 Å². The average Bonchev–Trinajstić information content (AvgIpc) is 1.67. The molecule has 0 aliphatic rings. The summed E-state index contributed by atoms with van der Waals surface area (Å²) in [6.45, 7) is 9.06. The van der Waals surface area contributed by atoms with Crippen LogP contribution < -0.4 is 0 Å². The quantitative estimate of drug-likeness (QED) is 0.419. The molecule has 0 rings (SSSR count). The first-order valence-electron chi connectivity index (χ1n) is 2.87. The van der Waals surface area contributed by atoms with E-state index in [1.165, 1.54) is 0 Å². The zero-order chi connectivity index (χ0) is 6.78. The molecule has 8 heavy (non-hydrogen) atoms. The predicted molar refractivity (Wildman–Crippen MR) is 42.2 cm³/mol. The highest BCUT2D eigenvalue weighted by Gasteiger charge is 2.21. The maximum atomic E-state index is 5.71. The molecule has 0 amide bonds. The van der Waals surface area contributed by atoms with Crippen LogP contribution in [0, 0.1) is 0 Å². The number of halogens is 1. The Morgan fingerprint density at radius 3 is 1.75 bits per heavy atom. The molecule has 0 heterocycles. The Kier molecular flexibility index (Phi) is 3.06. The molecule has 0 fully saturated rings. The Labute approximate surface area is 58.8 Å². The predicted octanol–water partition coefficient (Wildman–Crippen LogP) is 2.76. The van der Waals surface area contributed by atoms with E-state index in [1.54, 1.807) is 0 Å². The highest BCUT2D eigenvalue weighted by molar-refractivity contribution is 6.60. The topological polar surface area (TPSA) is 0 Å². The van der Waals surface area contributed by atoms with Gasteiger partial charge in [-0.15, -0.1) is 11.6 Å². The molecule has 0 aliphatic heterocycles. The van der Waals surface area contributed by atoms with Crippen molar-refractivity contribution in [3.63, 3.8) is 0 Å². The summed E-state index contributed by atoms with van der Waals surface area (Å²) in [5.74, 6) is 0.800. The molecular weight excluding hydrogens is 136 g/mol. The van der Waals surface area contributed by atoms with E-state index in [4.69, 9.17) is 11.6 Å². The molecule has 0 unspecified atom stereocenters. The molecule has 0 spiro atoms. The summed E-state index contributed by atoms with van der Waals surface area (Å²) in [4.78, 5) is 0. The van der Waals surface area contributed by atoms with Crippen LogP contribution in [0.5, 0.6) is 0 Å². The summed E-state index contributed by atoms with van der Waals surface area (Å²) in [6, 6.07) is 0. The van der Waals surface area contributed by atoms with Crippen molar-refractivity contribution in [1.82, 2.24) is 0 Å². The zero-order valence-corrected chi connectivity index (χ0v) is 7.84. The van der Waals surface area contributed by atoms with E-state index in [0.717, 1.165) is 5.88 Å². The fraction of sp³-hybridized carbons (Fsp3) is 1.00. The lowest BCUT2D eigenvalue weighted by molar-refractivity contribution is 0.750. The van der Waals surface area contributed by atoms with Crippen LogP contribution in [0.1, 0.15) is 13.8 Å². The van der Waals surface area contributed by atoms with Gasteiger partial charge in [0, 0.05) is 14.7 Å². The van der Waals surface area contributed by atoms with Gasteiger partial charge in [0.25, 0.3) is 0 Å². The smallest absolute Gasteiger partial charge is 0.0489 e. The third-order valence-corrected chi connectivity index (χ3v) is 5.46. The second kappa shape index (κ2) is 2.88. The van der Waals surface area contributed by atoms with Gasteiger partial charge in [0.15, 0.2) is 0 Å². The lowest BCUT2D eigenvalue weighted by Crippen LogP contribution is -2.22. The van der Waals surface area contributed by atoms with Crippen LogP contribution in [-0.2, 0) is 0 Å². The van der Waals surface area contributed by atoms with Gasteiger partial charge in [0.05, 0.1) is 0 Å². The van der Waals surface area contributed by atoms with Crippen molar-refractivity contribution >= 4 is 20.4 Å². The highest BCUT2D eigenvalue weighted by Crippen LogP contribution is 2.28. The Morgan fingerprint density at radius 2 is 1.75 bits per heavy atom. The van der Waals surface area contributed by atoms with Gasteiger partial charge < -0.3 is 0 Å². The van der Waals surface area contributed by atoms with Crippen LogP contribution >= 0.6 is 11.6 Å². The van der Waals surface area contributed by atoms with Crippen molar-refractivity contribution in [2.45, 2.75) is 32.0 Å². The van der Waals surface area contributed by atoms with Gasteiger partial charge in [-0.25, -0.2) is 0 Å². The second-order valence-corrected chi connectivity index (χ2v) is 6.64. The largest absolute Gasteiger partial charge is 0.126 e. The van der Waals surface area contributed by atoms with Crippen LogP contribution in [0.4, 0.5) is 0 Å². The molecule has 0 saturated heterocycles. The van der Waals surface area contributed by atoms with E-state index in [1.807, 2.05) is 0 Å². The molecule has 49 valence electrons. The molecule has 0 bridgehead atoms. The summed E-state index contributed by atoms with van der Waals surface area (Å²) in [5.41, 5.74) is 0. The molecular formula is C6H14ClSi. The molecule has 1 radical (unpaired) electrons. The minimum absolute atomic E-state index is 0.194.